The van der Waals surface area contributed by atoms with Crippen molar-refractivity contribution in [2.75, 3.05) is 18.5 Å². The maximum absolute atomic E-state index is 9.83. The first kappa shape index (κ1) is 14.8. The van der Waals surface area contributed by atoms with Gasteiger partial charge in [-0.25, -0.2) is 0 Å². The van der Waals surface area contributed by atoms with Gasteiger partial charge in [0, 0.05) is 16.8 Å². The van der Waals surface area contributed by atoms with E-state index in [1.54, 1.807) is 0 Å². The van der Waals surface area contributed by atoms with Crippen LogP contribution in [0.2, 0.25) is 0 Å². The molecule has 3 nitrogen and oxygen atoms in total. The topological polar surface area (TPSA) is 41.5 Å². The molecule has 0 bridgehead atoms. The van der Waals surface area contributed by atoms with Crippen molar-refractivity contribution in [1.82, 2.24) is 0 Å². The van der Waals surface area contributed by atoms with Gasteiger partial charge in [0.15, 0.2) is 0 Å². The summed E-state index contributed by atoms with van der Waals surface area (Å²) >= 11 is 3.48. The van der Waals surface area contributed by atoms with Crippen LogP contribution in [0.1, 0.15) is 32.6 Å². The molecule has 1 heterocycles. The second-order valence-electron chi connectivity index (χ2n) is 5.31. The quantitative estimate of drug-likeness (QED) is 0.868. The molecule has 1 aliphatic rings. The third kappa shape index (κ3) is 3.94. The fourth-order valence-electron chi connectivity index (χ4n) is 2.69. The molecule has 19 heavy (non-hydrogen) atoms. The number of halogens is 1. The van der Waals surface area contributed by atoms with Crippen LogP contribution in [0.25, 0.3) is 0 Å². The molecule has 0 amide bonds. The summed E-state index contributed by atoms with van der Waals surface area (Å²) in [5.74, 6) is 0. The third-order valence-electron chi connectivity index (χ3n) is 3.70. The van der Waals surface area contributed by atoms with Gasteiger partial charge in [-0.1, -0.05) is 35.3 Å². The smallest absolute Gasteiger partial charge is 0.0663 e. The Hall–Kier alpha value is -0.580. The van der Waals surface area contributed by atoms with Gasteiger partial charge in [0.1, 0.15) is 0 Å². The van der Waals surface area contributed by atoms with Gasteiger partial charge in [-0.2, -0.15) is 0 Å². The van der Waals surface area contributed by atoms with Gasteiger partial charge in [0.05, 0.1) is 18.2 Å². The molecule has 2 rings (SSSR count). The van der Waals surface area contributed by atoms with Gasteiger partial charge < -0.3 is 15.2 Å². The first-order valence-electron chi connectivity index (χ1n) is 6.94. The summed E-state index contributed by atoms with van der Waals surface area (Å²) in [6.45, 7) is 3.02. The average Bonchev–Trinajstić information content (AvgIpc) is 2.39. The van der Waals surface area contributed by atoms with Crippen LogP contribution >= 0.6 is 15.9 Å². The van der Waals surface area contributed by atoms with Crippen molar-refractivity contribution < 1.29 is 9.84 Å². The Balaban J connectivity index is 2.09. The predicted molar refractivity (Wildman–Crippen MR) is 81.5 cm³/mol. The van der Waals surface area contributed by atoms with Crippen LogP contribution in [-0.2, 0) is 4.74 Å². The van der Waals surface area contributed by atoms with E-state index in [4.69, 9.17) is 4.74 Å². The lowest BCUT2D eigenvalue weighted by Gasteiger charge is -2.41. The van der Waals surface area contributed by atoms with E-state index in [0.29, 0.717) is 6.61 Å². The highest BCUT2D eigenvalue weighted by molar-refractivity contribution is 9.10. The number of hydrogen-bond acceptors (Lipinski definition) is 3. The normalized spacial score (nSPS) is 27.2. The Labute approximate surface area is 123 Å². The molecule has 4 heteroatoms. The monoisotopic (exact) mass is 327 g/mol. The molecule has 0 aliphatic carbocycles. The third-order valence-corrected chi connectivity index (χ3v) is 4.19. The van der Waals surface area contributed by atoms with Gasteiger partial charge in [-0.3, -0.25) is 0 Å². The molecule has 1 fully saturated rings. The van der Waals surface area contributed by atoms with Gasteiger partial charge in [0.2, 0.25) is 0 Å². The van der Waals surface area contributed by atoms with Crippen molar-refractivity contribution in [1.29, 1.82) is 0 Å². The highest BCUT2D eigenvalue weighted by Gasteiger charge is 2.36. The first-order chi connectivity index (χ1) is 9.17. The fraction of sp³-hybridized carbons (Fsp3) is 0.600. The minimum atomic E-state index is -0.251. The number of ether oxygens (including phenoxy) is 1. The molecule has 0 aromatic heterocycles. The van der Waals surface area contributed by atoms with E-state index >= 15 is 0 Å². The molecule has 1 aromatic carbocycles. The molecule has 0 saturated carbocycles. The Morgan fingerprint density at radius 3 is 3.05 bits per heavy atom. The summed E-state index contributed by atoms with van der Waals surface area (Å²) in [5, 5.41) is 13.3. The molecule has 2 unspecified atom stereocenters. The van der Waals surface area contributed by atoms with Crippen molar-refractivity contribution >= 4 is 21.6 Å². The summed E-state index contributed by atoms with van der Waals surface area (Å²) in [5.41, 5.74) is 0.791. The van der Waals surface area contributed by atoms with Gasteiger partial charge >= 0.3 is 0 Å². The summed E-state index contributed by atoms with van der Waals surface area (Å²) < 4.78 is 6.82. The van der Waals surface area contributed by atoms with Crippen molar-refractivity contribution in [3.05, 3.63) is 28.7 Å². The van der Waals surface area contributed by atoms with Crippen LogP contribution in [0, 0.1) is 0 Å². The standard InChI is InChI=1S/C15H22BrNO2/c1-2-4-14-10-15(11-18,7-8-19-14)17-13-6-3-5-12(16)9-13/h3,5-6,9,14,17-18H,2,4,7-8,10-11H2,1H3. The highest BCUT2D eigenvalue weighted by atomic mass is 79.9. The second kappa shape index (κ2) is 6.73. The fourth-order valence-corrected chi connectivity index (χ4v) is 3.09. The maximum atomic E-state index is 9.83. The summed E-state index contributed by atoms with van der Waals surface area (Å²) in [6, 6.07) is 8.08. The molecule has 1 aliphatic heterocycles. The van der Waals surface area contributed by atoms with Crippen molar-refractivity contribution in [2.45, 2.75) is 44.2 Å². The molecular formula is C15H22BrNO2. The van der Waals surface area contributed by atoms with E-state index in [1.807, 2.05) is 24.3 Å². The van der Waals surface area contributed by atoms with Crippen LogP contribution in [0.5, 0.6) is 0 Å². The number of benzene rings is 1. The minimum absolute atomic E-state index is 0.142. The van der Waals surface area contributed by atoms with E-state index in [-0.39, 0.29) is 18.2 Å². The largest absolute Gasteiger partial charge is 0.394 e. The van der Waals surface area contributed by atoms with Gasteiger partial charge in [0.25, 0.3) is 0 Å². The first-order valence-corrected chi connectivity index (χ1v) is 7.73. The van der Waals surface area contributed by atoms with Crippen LogP contribution in [-0.4, -0.2) is 30.0 Å². The zero-order valence-electron chi connectivity index (χ0n) is 11.4. The number of hydrogen-bond donors (Lipinski definition) is 2. The number of rotatable bonds is 5. The zero-order valence-corrected chi connectivity index (χ0v) is 12.9. The SMILES string of the molecule is CCCC1CC(CO)(Nc2cccc(Br)c2)CCO1. The molecule has 0 spiro atoms. The number of anilines is 1. The molecule has 2 N–H and O–H groups in total. The van der Waals surface area contributed by atoms with Crippen molar-refractivity contribution in [3.63, 3.8) is 0 Å². The van der Waals surface area contributed by atoms with E-state index < -0.39 is 0 Å². The molecule has 2 atom stereocenters. The Morgan fingerprint density at radius 1 is 1.53 bits per heavy atom. The minimum Gasteiger partial charge on any atom is -0.394 e. The van der Waals surface area contributed by atoms with E-state index in [9.17, 15) is 5.11 Å². The van der Waals surface area contributed by atoms with Crippen LogP contribution < -0.4 is 5.32 Å². The van der Waals surface area contributed by atoms with Gasteiger partial charge in [-0.15, -0.1) is 0 Å². The molecule has 1 saturated heterocycles. The van der Waals surface area contributed by atoms with Crippen LogP contribution in [0.15, 0.2) is 28.7 Å². The molecular weight excluding hydrogens is 306 g/mol. The highest BCUT2D eigenvalue weighted by Crippen LogP contribution is 2.31. The van der Waals surface area contributed by atoms with Crippen LogP contribution in [0.3, 0.4) is 0 Å². The molecule has 106 valence electrons. The van der Waals surface area contributed by atoms with Gasteiger partial charge in [-0.05, 0) is 37.5 Å². The summed E-state index contributed by atoms with van der Waals surface area (Å²) in [6.07, 6.45) is 4.14. The van der Waals surface area contributed by atoms with E-state index in [1.165, 1.54) is 0 Å². The summed E-state index contributed by atoms with van der Waals surface area (Å²) in [7, 11) is 0. The van der Waals surface area contributed by atoms with Crippen molar-refractivity contribution in [3.8, 4) is 0 Å². The maximum Gasteiger partial charge on any atom is 0.0663 e. The number of nitrogens with one attached hydrogen (secondary N) is 1. The lowest BCUT2D eigenvalue weighted by Crippen LogP contribution is -2.49. The summed E-state index contributed by atoms with van der Waals surface area (Å²) in [4.78, 5) is 0. The zero-order chi connectivity index (χ0) is 13.7. The predicted octanol–water partition coefficient (Wildman–Crippen LogP) is 3.57. The number of aliphatic hydroxyl groups excluding tert-OH is 1. The van der Waals surface area contributed by atoms with Crippen molar-refractivity contribution in [2.24, 2.45) is 0 Å². The van der Waals surface area contributed by atoms with E-state index in [0.717, 1.165) is 35.8 Å². The van der Waals surface area contributed by atoms with E-state index in [2.05, 4.69) is 28.2 Å². The Morgan fingerprint density at radius 2 is 2.37 bits per heavy atom. The number of aliphatic hydroxyl groups is 1. The lowest BCUT2D eigenvalue weighted by atomic mass is 9.85. The molecule has 1 aromatic rings. The average molecular weight is 328 g/mol. The Bertz CT molecular complexity index is 411. The van der Waals surface area contributed by atoms with Crippen LogP contribution in [0.4, 0.5) is 5.69 Å². The lowest BCUT2D eigenvalue weighted by molar-refractivity contribution is -0.0299. The Kier molecular flexibility index (Phi) is 5.25. The molecule has 0 radical (unpaired) electrons. The second-order valence-corrected chi connectivity index (χ2v) is 6.23.